The number of alkyl halides is 17. The number of nitrogens with two attached hydrogens (primary N) is 1. The molecule has 5 unspecified atom stereocenters. The largest absolute Gasteiger partial charge is 0.469 e. The van der Waals surface area contributed by atoms with Crippen LogP contribution in [0.25, 0.3) is 0 Å². The molecule has 3 aliphatic carbocycles. The summed E-state index contributed by atoms with van der Waals surface area (Å²) in [6, 6.07) is 33.8. The monoisotopic (exact) mass is 2200 g/mol. The number of thiophene rings is 5. The lowest BCUT2D eigenvalue weighted by Gasteiger charge is -2.33. The Morgan fingerprint density at radius 2 is 0.743 bits per heavy atom. The van der Waals surface area contributed by atoms with Crippen LogP contribution in [0.15, 0.2) is 215 Å². The fourth-order valence-corrected chi connectivity index (χ4v) is 20.5. The lowest BCUT2D eigenvalue weighted by molar-refractivity contribution is -0.141. The van der Waals surface area contributed by atoms with Crippen molar-refractivity contribution in [1.29, 1.82) is 0 Å². The highest BCUT2D eigenvalue weighted by Gasteiger charge is 2.44. The maximum Gasteiger partial charge on any atom is 0.416 e. The van der Waals surface area contributed by atoms with Gasteiger partial charge in [0.25, 0.3) is 5.91 Å². The molecule has 24 nitrogen and oxygen atoms in total. The summed E-state index contributed by atoms with van der Waals surface area (Å²) in [5.74, 6) is -6.90. The molecule has 0 saturated heterocycles. The number of nitrogens with one attached hydrogen (secondary N) is 4. The molecule has 0 bridgehead atoms. The summed E-state index contributed by atoms with van der Waals surface area (Å²) >= 11 is 35.3. The number of carbonyl (C=O) groups excluding carboxylic acids is 11. The minimum atomic E-state index is -4.63. The minimum absolute atomic E-state index is 0.0180. The van der Waals surface area contributed by atoms with E-state index in [0.29, 0.717) is 43.1 Å². The van der Waals surface area contributed by atoms with Gasteiger partial charge in [0.15, 0.2) is 17.5 Å². The van der Waals surface area contributed by atoms with Crippen molar-refractivity contribution in [2.45, 2.75) is 176 Å². The zero-order chi connectivity index (χ0) is 105. The number of primary amides is 1. The number of hydrogen-bond acceptors (Lipinski definition) is 19. The fraction of sp³-hybridized carbons (Fsp3) is 0.357. The van der Waals surface area contributed by atoms with Gasteiger partial charge in [-0.3, -0.25) is 77.2 Å². The predicted molar refractivity (Wildman–Crippen MR) is 533 cm³/mol. The van der Waals surface area contributed by atoms with Crippen molar-refractivity contribution in [2.24, 2.45) is 5.73 Å². The number of carbonyl (C=O) groups is 11. The summed E-state index contributed by atoms with van der Waals surface area (Å²) in [5, 5.41) is 19.2. The van der Waals surface area contributed by atoms with Crippen LogP contribution in [0.2, 0.25) is 0 Å². The summed E-state index contributed by atoms with van der Waals surface area (Å²) in [5.41, 5.74) is 2.69. The Morgan fingerprint density at radius 1 is 0.410 bits per heavy atom. The lowest BCUT2D eigenvalue weighted by Crippen LogP contribution is -2.48. The van der Waals surface area contributed by atoms with Crippen molar-refractivity contribution in [3.05, 3.63) is 261 Å². The number of ether oxygens (including phenoxy) is 3. The highest BCUT2D eigenvalue weighted by Crippen LogP contribution is 2.45. The molecule has 6 atom stereocenters. The van der Waals surface area contributed by atoms with E-state index in [1.54, 1.807) is 88.3 Å². The van der Waals surface area contributed by atoms with Gasteiger partial charge < -0.3 is 41.2 Å². The standard InChI is InChI=1S/C22H24ClF3N2O2S.C21H20ClF3N2O2S.C21H23ClN2O4S.C19H18ClF3N2O4S.C15H12ClF3N2O2S/c1-14(23)21(30)28(17-10-5-7-15(13-17)22(24,25)26)19(18-11-6-12-31-18)20(29)27-16-8-3-2-4-9-16;22-13-18(28)27(16-9-4-6-14(12-16)21(23,24)25)19(17-10-5-11-30-17)20(29)26-15-7-2-1-3-8-15;22-12-19(25)24(15-8-9-16-17(11-15)28-13-27-16)20(18-7-4-10-29-18)21(26)23-14-5-2-1-3-6-14;1-29-16(27)7-8-24-18(28)17(14-6-3-9-30-14)25(15(26)11-20)13-5-2-4-12(10-13)19(21,22)23;16-8-12(22)21(13(14(20)23)11-5-2-6-24-11)10-4-1-3-9(7-10)15(17,18)19/h5-7,10-14,16,19H,2-4,8-9H2,1H3,(H,27,29);4-7,9-12,19H,1-3,8,13H2,(H,26,29);4,7-11,14,20H,1-3,5-6,12-13H2,(H,23,26);2-6,9-10,17H,7-8,11H2,1H3,(H,24,28);1-7,13H,8H2,(H2,20,23)/t14-,19?;;;;/m0..../s1. The molecule has 2 fully saturated rings. The van der Waals surface area contributed by atoms with Crippen LogP contribution in [-0.4, -0.2) is 126 Å². The second-order valence-corrected chi connectivity index (χ2v) is 39.0. The van der Waals surface area contributed by atoms with Crippen molar-refractivity contribution in [2.75, 3.05) is 68.5 Å². The Balaban J connectivity index is 0.000000185. The number of rotatable bonds is 31. The van der Waals surface area contributed by atoms with Gasteiger partial charge in [0.1, 0.15) is 53.1 Å². The SMILES string of the molecule is COC(=O)CCNC(=O)C(c1cccs1)N(C(=O)CCl)c1cccc(C(F)(F)F)c1.C[C@H](Cl)C(=O)N(c1cccc(C(F)(F)F)c1)C(C(=O)NC1CCCCC1)c1cccs1.NC(=O)C(c1cccs1)N(C(=O)CCl)c1cccc(C(F)(F)F)c1.O=C(NC1=CCCCC1)C(c1cccs1)N(C(=O)CCl)c1cccc(C(F)(F)F)c1.O=C(NC1CCCCC1)C(c1cccs1)N(C(=O)CCl)c1ccc2c(c1)OCO2. The zero-order valence-electron chi connectivity index (χ0n) is 76.7. The molecule has 0 spiro atoms. The van der Waals surface area contributed by atoms with E-state index >= 15 is 0 Å². The van der Waals surface area contributed by atoms with E-state index in [-0.39, 0.29) is 72.3 Å². The van der Waals surface area contributed by atoms with Gasteiger partial charge in [0.2, 0.25) is 60.0 Å². The number of anilines is 5. The van der Waals surface area contributed by atoms with E-state index in [4.69, 9.17) is 73.2 Å². The van der Waals surface area contributed by atoms with E-state index in [2.05, 4.69) is 26.0 Å². The van der Waals surface area contributed by atoms with E-state index in [1.165, 1.54) is 95.8 Å². The first-order valence-electron chi connectivity index (χ1n) is 44.6. The van der Waals surface area contributed by atoms with Gasteiger partial charge in [-0.15, -0.1) is 115 Å². The molecule has 6 heterocycles. The minimum Gasteiger partial charge on any atom is -0.469 e. The van der Waals surface area contributed by atoms with Crippen LogP contribution < -0.4 is 61.0 Å². The van der Waals surface area contributed by atoms with Crippen LogP contribution in [0.3, 0.4) is 0 Å². The summed E-state index contributed by atoms with van der Waals surface area (Å²) in [7, 11) is 1.20. The molecule has 144 heavy (non-hydrogen) atoms. The van der Waals surface area contributed by atoms with Crippen molar-refractivity contribution in [3.8, 4) is 11.5 Å². The molecule has 5 aromatic carbocycles. The Morgan fingerprint density at radius 3 is 1.07 bits per heavy atom. The molecule has 4 aliphatic rings. The van der Waals surface area contributed by atoms with Crippen molar-refractivity contribution >= 4 is 208 Å². The number of benzene rings is 5. The van der Waals surface area contributed by atoms with Crippen LogP contribution in [-0.2, 0) is 82.2 Å². The van der Waals surface area contributed by atoms with Gasteiger partial charge in [-0.1, -0.05) is 99.2 Å². The summed E-state index contributed by atoms with van der Waals surface area (Å²) in [6.45, 7) is 1.51. The topological polar surface area (TPSA) is 306 Å². The molecular weight excluding hydrogens is 2110 g/mol. The fourth-order valence-electron chi connectivity index (χ4n) is 15.8. The van der Waals surface area contributed by atoms with Crippen LogP contribution in [0, 0.1) is 0 Å². The highest BCUT2D eigenvalue weighted by atomic mass is 35.5. The molecule has 0 radical (unpaired) electrons. The molecule has 10 aromatic rings. The van der Waals surface area contributed by atoms with E-state index in [9.17, 15) is 105 Å². The first-order valence-corrected chi connectivity index (χ1v) is 51.6. The molecule has 46 heteroatoms. The highest BCUT2D eigenvalue weighted by molar-refractivity contribution is 7.11. The number of fused-ring (bicyclic) bond motifs is 1. The molecule has 1 aliphatic heterocycles. The van der Waals surface area contributed by atoms with Crippen molar-refractivity contribution in [1.82, 2.24) is 21.3 Å². The van der Waals surface area contributed by atoms with Gasteiger partial charge in [-0.25, -0.2) is 0 Å². The van der Waals surface area contributed by atoms with Gasteiger partial charge >= 0.3 is 30.7 Å². The number of halogens is 17. The molecular formula is C98H97Cl5F12N10O14S5. The Kier molecular flexibility index (Phi) is 43.2. The maximum atomic E-state index is 13.4. The summed E-state index contributed by atoms with van der Waals surface area (Å²) in [6.07, 6.45) is -2.87. The Hall–Kier alpha value is -11.3. The maximum absolute atomic E-state index is 13.4. The zero-order valence-corrected chi connectivity index (χ0v) is 84.5. The number of allylic oxidation sites excluding steroid dienone is 2. The lowest BCUT2D eigenvalue weighted by atomic mass is 9.95. The summed E-state index contributed by atoms with van der Waals surface area (Å²) in [4.78, 5) is 148. The Labute approximate surface area is 865 Å². The van der Waals surface area contributed by atoms with Gasteiger partial charge in [0.05, 0.1) is 35.8 Å². The van der Waals surface area contributed by atoms with Gasteiger partial charge in [-0.05, 0) is 200 Å². The number of esters is 1. The quantitative estimate of drug-likeness (QED) is 0.0153. The van der Waals surface area contributed by atoms with Gasteiger partial charge in [0, 0.05) is 83.2 Å². The average molecular weight is 2200 g/mol. The van der Waals surface area contributed by atoms with E-state index < -0.39 is 153 Å². The number of nitrogens with zero attached hydrogens (tertiary/aromatic N) is 5. The number of amides is 10. The first kappa shape index (κ1) is 115. The molecule has 6 N–H and O–H groups in total. The van der Waals surface area contributed by atoms with E-state index in [1.807, 2.05) is 23.6 Å². The number of hydrogen-bond donors (Lipinski definition) is 5. The van der Waals surface area contributed by atoms with Gasteiger partial charge in [-0.2, -0.15) is 52.7 Å². The average Bonchev–Trinajstić information content (AvgIpc) is 1.71. The van der Waals surface area contributed by atoms with Crippen molar-refractivity contribution in [3.63, 3.8) is 0 Å². The Bertz CT molecular complexity index is 5980. The predicted octanol–water partition coefficient (Wildman–Crippen LogP) is 23.1. The first-order chi connectivity index (χ1) is 68.6. The molecule has 10 amide bonds. The van der Waals surface area contributed by atoms with E-state index in [0.717, 1.165) is 191 Å². The molecule has 2 saturated carbocycles. The van der Waals surface area contributed by atoms with Crippen LogP contribution in [0.4, 0.5) is 81.1 Å². The van der Waals surface area contributed by atoms with Crippen LogP contribution in [0.5, 0.6) is 11.5 Å². The van der Waals surface area contributed by atoms with Crippen molar-refractivity contribution < 1.29 is 120 Å². The summed E-state index contributed by atoms with van der Waals surface area (Å²) < 4.78 is 173. The smallest absolute Gasteiger partial charge is 0.416 e. The molecule has 5 aromatic heterocycles. The van der Waals surface area contributed by atoms with Crippen LogP contribution >= 0.6 is 115 Å². The van der Waals surface area contributed by atoms with Crippen LogP contribution in [0.1, 0.15) is 180 Å². The second-order valence-electron chi connectivity index (χ2n) is 32.4. The molecule has 14 rings (SSSR count). The third kappa shape index (κ3) is 31.9. The third-order valence-electron chi connectivity index (χ3n) is 22.5. The molecule has 772 valence electrons. The third-order valence-corrected chi connectivity index (χ3v) is 28.2. The number of methoxy groups -OCH3 is 1. The second kappa shape index (κ2) is 54.2. The normalized spacial score (nSPS) is 14.9.